The second-order valence-electron chi connectivity index (χ2n) is 23.3. The van der Waals surface area contributed by atoms with Crippen LogP contribution in [0.3, 0.4) is 0 Å². The van der Waals surface area contributed by atoms with Crippen LogP contribution in [-0.4, -0.2) is 424 Å². The summed E-state index contributed by atoms with van der Waals surface area (Å²) >= 11 is 0. The molecule has 528 valence electrons. The van der Waals surface area contributed by atoms with E-state index in [1.807, 2.05) is 0 Å². The van der Waals surface area contributed by atoms with Crippen LogP contribution in [0.25, 0.3) is 0 Å². The highest BCUT2D eigenvalue weighted by molar-refractivity contribution is 5.00. The summed E-state index contributed by atoms with van der Waals surface area (Å²) in [5, 5.41) is 235. The molecule has 40 atom stereocenters. The van der Waals surface area contributed by atoms with Crippen molar-refractivity contribution in [2.45, 2.75) is 246 Å². The van der Waals surface area contributed by atoms with E-state index in [1.165, 1.54) is 0 Å². The van der Waals surface area contributed by atoms with E-state index in [-0.39, 0.29) is 0 Å². The largest absolute Gasteiger partial charge is 0.394 e. The number of hydrogen-bond donors (Lipinski definition) is 22. The van der Waals surface area contributed by atoms with Crippen molar-refractivity contribution in [1.82, 2.24) is 0 Å². The molecule has 41 nitrogen and oxygen atoms in total. The van der Waals surface area contributed by atoms with Crippen molar-refractivity contribution >= 4 is 0 Å². The summed E-state index contributed by atoms with van der Waals surface area (Å²) in [6.45, 7) is -7.35. The molecule has 0 aromatic rings. The summed E-state index contributed by atoms with van der Waals surface area (Å²) in [6.07, 6.45) is -72.3. The minimum Gasteiger partial charge on any atom is -0.394 e. The quantitative estimate of drug-likeness (QED) is 0.0479. The maximum atomic E-state index is 11.9. The molecule has 10 rings (SSSR count). The third kappa shape index (κ3) is 15.2. The van der Waals surface area contributed by atoms with Crippen molar-refractivity contribution in [2.75, 3.05) is 66.1 Å². The highest BCUT2D eigenvalue weighted by Gasteiger charge is 2.59. The summed E-state index contributed by atoms with van der Waals surface area (Å²) in [7, 11) is 0. The zero-order chi connectivity index (χ0) is 65.6. The predicted molar refractivity (Wildman–Crippen MR) is 270 cm³/mol. The Morgan fingerprint density at radius 2 is 0.473 bits per heavy atom. The van der Waals surface area contributed by atoms with Gasteiger partial charge in [0.05, 0.1) is 66.1 Å². The molecule has 0 aromatic heterocycles. The standard InChI is InChI=1S/C50H82O41/c51-1-12-22(57)33(68)45(79-12)88-37-19(86-42-30(65)21(56)11(55)5-74-42)9-77-49(39(37)90-47-35(70)24(59)14(3-53)81-47)85-18-8-76-44(32(67)28(18)63)87-20-10-78-50(84-17-7-75-43(31(66)27(17)62)83-16-6-73-41(72)29(64)26(16)61)40(91-48-36(71)25(60)15(4-54)82-48)38(20)89-46-34(69)23(58)13(2-52)80-46/h11-72H,1-10H2. The lowest BCUT2D eigenvalue weighted by Crippen LogP contribution is -2.65. The van der Waals surface area contributed by atoms with Gasteiger partial charge in [-0.15, -0.1) is 0 Å². The fourth-order valence-electron chi connectivity index (χ4n) is 11.8. The molecule has 0 amide bonds. The van der Waals surface area contributed by atoms with Crippen LogP contribution in [0.5, 0.6) is 0 Å². The average molecular weight is 1340 g/mol. The first kappa shape index (κ1) is 72.1. The van der Waals surface area contributed by atoms with Gasteiger partial charge in [-0.05, 0) is 0 Å². The third-order valence-corrected chi connectivity index (χ3v) is 17.2. The molecule has 0 spiro atoms. The summed E-state index contributed by atoms with van der Waals surface area (Å²) in [4.78, 5) is 0. The first-order chi connectivity index (χ1) is 43.4. The second kappa shape index (κ2) is 31.1. The van der Waals surface area contributed by atoms with Gasteiger partial charge in [-0.3, -0.25) is 0 Å². The molecule has 10 aliphatic rings. The van der Waals surface area contributed by atoms with E-state index in [9.17, 15) is 112 Å². The molecule has 10 fully saturated rings. The van der Waals surface area contributed by atoms with Gasteiger partial charge in [0.2, 0.25) is 0 Å². The fraction of sp³-hybridized carbons (Fsp3) is 1.00. The van der Waals surface area contributed by atoms with E-state index in [0.29, 0.717) is 0 Å². The highest BCUT2D eigenvalue weighted by atomic mass is 16.8. The monoisotopic (exact) mass is 1340 g/mol. The van der Waals surface area contributed by atoms with Crippen molar-refractivity contribution in [1.29, 1.82) is 0 Å². The summed E-state index contributed by atoms with van der Waals surface area (Å²) < 4.78 is 111. The minimum atomic E-state index is -2.21. The molecule has 40 unspecified atom stereocenters. The van der Waals surface area contributed by atoms with Gasteiger partial charge < -0.3 is 202 Å². The van der Waals surface area contributed by atoms with Gasteiger partial charge >= 0.3 is 0 Å². The first-order valence-electron chi connectivity index (χ1n) is 29.3. The van der Waals surface area contributed by atoms with Crippen molar-refractivity contribution in [3.63, 3.8) is 0 Å². The van der Waals surface area contributed by atoms with Crippen molar-refractivity contribution in [3.05, 3.63) is 0 Å². The Kier molecular flexibility index (Phi) is 24.6. The van der Waals surface area contributed by atoms with E-state index in [0.717, 1.165) is 0 Å². The summed E-state index contributed by atoms with van der Waals surface area (Å²) in [6, 6.07) is 0. The van der Waals surface area contributed by atoms with Crippen LogP contribution >= 0.6 is 0 Å². The Morgan fingerprint density at radius 3 is 0.813 bits per heavy atom. The van der Waals surface area contributed by atoms with Crippen LogP contribution in [0, 0.1) is 0 Å². The number of aliphatic hydroxyl groups excluding tert-OH is 22. The van der Waals surface area contributed by atoms with Gasteiger partial charge in [0.15, 0.2) is 62.9 Å². The molecule has 0 aromatic carbocycles. The topological polar surface area (TPSA) is 620 Å². The maximum Gasteiger partial charge on any atom is 0.187 e. The zero-order valence-electron chi connectivity index (χ0n) is 47.8. The Morgan fingerprint density at radius 1 is 0.220 bits per heavy atom. The first-order valence-corrected chi connectivity index (χ1v) is 29.3. The van der Waals surface area contributed by atoms with Crippen molar-refractivity contribution in [2.24, 2.45) is 0 Å². The van der Waals surface area contributed by atoms with Gasteiger partial charge in [0.25, 0.3) is 0 Å². The number of ether oxygens (including phenoxy) is 19. The molecule has 10 heterocycles. The minimum absolute atomic E-state index is 0.492. The lowest BCUT2D eigenvalue weighted by atomic mass is 10.0. The predicted octanol–water partition coefficient (Wildman–Crippen LogP) is -16.4. The van der Waals surface area contributed by atoms with Crippen LogP contribution in [0.2, 0.25) is 0 Å². The number of rotatable bonds is 22. The maximum absolute atomic E-state index is 11.9. The van der Waals surface area contributed by atoms with E-state index in [1.54, 1.807) is 0 Å². The van der Waals surface area contributed by atoms with E-state index in [2.05, 4.69) is 0 Å². The fourth-order valence-corrected chi connectivity index (χ4v) is 11.8. The van der Waals surface area contributed by atoms with E-state index >= 15 is 0 Å². The van der Waals surface area contributed by atoms with Gasteiger partial charge in [0.1, 0.15) is 183 Å². The molecule has 91 heavy (non-hydrogen) atoms. The molecular weight excluding hydrogens is 1260 g/mol. The van der Waals surface area contributed by atoms with Crippen LogP contribution in [0.15, 0.2) is 0 Å². The molecule has 0 bridgehead atoms. The summed E-state index contributed by atoms with van der Waals surface area (Å²) in [5.41, 5.74) is 0. The second-order valence-corrected chi connectivity index (χ2v) is 23.3. The van der Waals surface area contributed by atoms with Gasteiger partial charge in [-0.2, -0.15) is 0 Å². The van der Waals surface area contributed by atoms with Gasteiger partial charge in [0, 0.05) is 0 Å². The molecule has 22 N–H and O–H groups in total. The van der Waals surface area contributed by atoms with Crippen molar-refractivity contribution in [3.8, 4) is 0 Å². The van der Waals surface area contributed by atoms with Crippen LogP contribution < -0.4 is 0 Å². The molecule has 0 aliphatic carbocycles. The lowest BCUT2D eigenvalue weighted by molar-refractivity contribution is -0.391. The van der Waals surface area contributed by atoms with Crippen molar-refractivity contribution < 1.29 is 202 Å². The average Bonchev–Trinajstić information content (AvgIpc) is 1.78. The van der Waals surface area contributed by atoms with Gasteiger partial charge in [-0.25, -0.2) is 0 Å². The Balaban J connectivity index is 0.894. The van der Waals surface area contributed by atoms with Crippen LogP contribution in [0.1, 0.15) is 0 Å². The summed E-state index contributed by atoms with van der Waals surface area (Å²) in [5.74, 6) is 0. The lowest BCUT2D eigenvalue weighted by Gasteiger charge is -2.48. The Bertz CT molecular complexity index is 2240. The SMILES string of the molecule is OCC1OC(OC2C(OC3OCC(O)C(O)C3O)COC(OC3COC(OC4COC(OC5COC(OC6COC(O)C(O)C6O)C(O)C5O)C(OC5OC(CO)C(O)C5O)C4OC4OC(CO)C(O)C4O)C(O)C3O)C2OC2OC(CO)C(O)C2O)C(O)C1O. The molecule has 10 saturated heterocycles. The van der Waals surface area contributed by atoms with Crippen LogP contribution in [-0.2, 0) is 90.0 Å². The van der Waals surface area contributed by atoms with Gasteiger partial charge in [-0.1, -0.05) is 0 Å². The molecule has 41 heteroatoms. The molecule has 10 aliphatic heterocycles. The normalized spacial score (nSPS) is 54.1. The zero-order valence-corrected chi connectivity index (χ0v) is 47.8. The molecule has 0 saturated carbocycles. The highest BCUT2D eigenvalue weighted by Crippen LogP contribution is 2.39. The molecular formula is C50H82O41. The Hall–Kier alpha value is -1.64. The molecule has 0 radical (unpaired) electrons. The third-order valence-electron chi connectivity index (χ3n) is 17.2. The number of aliphatic hydroxyl groups is 22. The van der Waals surface area contributed by atoms with E-state index < -0.39 is 312 Å². The van der Waals surface area contributed by atoms with E-state index in [4.69, 9.17) is 90.0 Å². The van der Waals surface area contributed by atoms with Crippen LogP contribution in [0.4, 0.5) is 0 Å². The Labute approximate surface area is 513 Å². The smallest absolute Gasteiger partial charge is 0.187 e. The number of hydrogen-bond acceptors (Lipinski definition) is 41.